The average molecular weight is 574 g/mol. The molecule has 1 aromatic heterocycles. The van der Waals surface area contributed by atoms with Crippen molar-refractivity contribution in [3.05, 3.63) is 63.5 Å². The van der Waals surface area contributed by atoms with Gasteiger partial charge in [-0.3, -0.25) is 4.98 Å². The molecule has 3 nitrogen and oxygen atoms in total. The number of hydrogen-bond donors (Lipinski definition) is 0. The molecule has 2 unspecified atom stereocenters. The summed E-state index contributed by atoms with van der Waals surface area (Å²) < 4.78 is 54.1. The SMILES string of the molecule is CC1(C)Cc2nc3c(c(C4CCCC4)c2C(O[Si](C)(C)C(C)(C)C)C1)C(c1ccc(C(F)(F)F)cc1)OC3(C)C. The van der Waals surface area contributed by atoms with Gasteiger partial charge < -0.3 is 9.16 Å². The van der Waals surface area contributed by atoms with Crippen molar-refractivity contribution in [2.45, 2.75) is 135 Å². The molecule has 0 bridgehead atoms. The first-order chi connectivity index (χ1) is 18.3. The molecule has 2 atom stereocenters. The zero-order chi connectivity index (χ0) is 29.5. The Morgan fingerprint density at radius 2 is 1.52 bits per heavy atom. The summed E-state index contributed by atoms with van der Waals surface area (Å²) in [6.45, 7) is 20.2. The van der Waals surface area contributed by atoms with Crippen LogP contribution in [-0.2, 0) is 27.4 Å². The van der Waals surface area contributed by atoms with Gasteiger partial charge in [0.25, 0.3) is 0 Å². The van der Waals surface area contributed by atoms with E-state index in [2.05, 4.69) is 47.7 Å². The third kappa shape index (κ3) is 5.31. The fourth-order valence-electron chi connectivity index (χ4n) is 6.81. The second-order valence-corrected chi connectivity index (χ2v) is 19.9. The van der Waals surface area contributed by atoms with Gasteiger partial charge in [-0.25, -0.2) is 0 Å². The monoisotopic (exact) mass is 573 g/mol. The maximum Gasteiger partial charge on any atom is 0.416 e. The van der Waals surface area contributed by atoms with Gasteiger partial charge in [0.1, 0.15) is 11.7 Å². The van der Waals surface area contributed by atoms with Gasteiger partial charge in [-0.1, -0.05) is 59.6 Å². The van der Waals surface area contributed by atoms with Gasteiger partial charge in [0.05, 0.1) is 17.4 Å². The average Bonchev–Trinajstić information content (AvgIpc) is 3.42. The molecule has 220 valence electrons. The molecule has 1 saturated carbocycles. The molecule has 0 amide bonds. The molecule has 0 spiro atoms. The standard InChI is InChI=1S/C33H46F3NO2Si/c1-30(2,3)40(8,9)39-24-19-31(4,5)18-23-26(24)25(20-12-10-11-13-20)27-28(38-32(6,7)29(27)37-23)21-14-16-22(17-15-21)33(34,35)36/h14-17,20,24,28H,10-13,18-19H2,1-9H3. The second-order valence-electron chi connectivity index (χ2n) is 15.2. The Bertz CT molecular complexity index is 1270. The van der Waals surface area contributed by atoms with Crippen LogP contribution in [0, 0.1) is 5.41 Å². The fourth-order valence-corrected chi connectivity index (χ4v) is 8.08. The van der Waals surface area contributed by atoms with Gasteiger partial charge in [-0.2, -0.15) is 13.2 Å². The summed E-state index contributed by atoms with van der Waals surface area (Å²) in [4.78, 5) is 5.38. The molecule has 2 heterocycles. The number of aromatic nitrogens is 1. The van der Waals surface area contributed by atoms with Crippen molar-refractivity contribution in [1.82, 2.24) is 4.98 Å². The molecule has 5 rings (SSSR count). The van der Waals surface area contributed by atoms with E-state index in [1.807, 2.05) is 13.8 Å². The third-order valence-corrected chi connectivity index (χ3v) is 14.4. The molecule has 0 N–H and O–H groups in total. The summed E-state index contributed by atoms with van der Waals surface area (Å²) in [5, 5.41) is 0.0697. The van der Waals surface area contributed by atoms with Crippen LogP contribution in [0.4, 0.5) is 13.2 Å². The number of nitrogens with zero attached hydrogens (tertiary/aromatic N) is 1. The lowest BCUT2D eigenvalue weighted by Crippen LogP contribution is -2.44. The van der Waals surface area contributed by atoms with Crippen LogP contribution < -0.4 is 0 Å². The molecule has 7 heteroatoms. The molecular formula is C33H46F3NO2Si. The number of benzene rings is 1. The lowest BCUT2D eigenvalue weighted by Gasteiger charge is -2.45. The number of halogens is 3. The predicted octanol–water partition coefficient (Wildman–Crippen LogP) is 10.1. The van der Waals surface area contributed by atoms with Gasteiger partial charge in [-0.05, 0) is 92.3 Å². The Kier molecular flexibility index (Phi) is 7.20. The van der Waals surface area contributed by atoms with Crippen LogP contribution in [0.15, 0.2) is 24.3 Å². The highest BCUT2D eigenvalue weighted by Gasteiger charge is 2.49. The minimum atomic E-state index is -4.37. The molecule has 1 fully saturated rings. The Morgan fingerprint density at radius 1 is 0.925 bits per heavy atom. The van der Waals surface area contributed by atoms with E-state index >= 15 is 0 Å². The Hall–Kier alpha value is -1.70. The van der Waals surface area contributed by atoms with Crippen molar-refractivity contribution in [3.8, 4) is 0 Å². The van der Waals surface area contributed by atoms with Crippen molar-refractivity contribution in [2.24, 2.45) is 5.41 Å². The normalized spacial score (nSPS) is 24.7. The second kappa shape index (κ2) is 9.67. The van der Waals surface area contributed by atoms with Crippen molar-refractivity contribution >= 4 is 8.32 Å². The first kappa shape index (κ1) is 29.8. The molecule has 2 aromatic rings. The topological polar surface area (TPSA) is 31.4 Å². The number of ether oxygens (including phenoxy) is 1. The van der Waals surface area contributed by atoms with E-state index in [9.17, 15) is 13.2 Å². The van der Waals surface area contributed by atoms with E-state index in [0.717, 1.165) is 48.2 Å². The number of pyridine rings is 1. The summed E-state index contributed by atoms with van der Waals surface area (Å²) in [6, 6.07) is 5.53. The summed E-state index contributed by atoms with van der Waals surface area (Å²) in [5.41, 5.74) is 5.25. The molecule has 2 aliphatic carbocycles. The van der Waals surface area contributed by atoms with E-state index < -0.39 is 31.8 Å². The minimum Gasteiger partial charge on any atom is -0.410 e. The summed E-state index contributed by atoms with van der Waals surface area (Å²) >= 11 is 0. The number of alkyl halides is 3. The van der Waals surface area contributed by atoms with Gasteiger partial charge in [0.15, 0.2) is 8.32 Å². The van der Waals surface area contributed by atoms with Crippen molar-refractivity contribution in [3.63, 3.8) is 0 Å². The van der Waals surface area contributed by atoms with Crippen molar-refractivity contribution < 1.29 is 22.3 Å². The number of fused-ring (bicyclic) bond motifs is 2. The van der Waals surface area contributed by atoms with Crippen LogP contribution in [0.3, 0.4) is 0 Å². The van der Waals surface area contributed by atoms with Crippen LogP contribution in [0.2, 0.25) is 18.1 Å². The van der Waals surface area contributed by atoms with E-state index in [-0.39, 0.29) is 16.6 Å². The lowest BCUT2D eigenvalue weighted by molar-refractivity contribution is -0.137. The predicted molar refractivity (Wildman–Crippen MR) is 156 cm³/mol. The molecule has 1 aromatic carbocycles. The summed E-state index contributed by atoms with van der Waals surface area (Å²) in [6.07, 6.45) is 1.53. The molecule has 0 saturated heterocycles. The maximum atomic E-state index is 13.4. The summed E-state index contributed by atoms with van der Waals surface area (Å²) in [5.74, 6) is 0.381. The van der Waals surface area contributed by atoms with Crippen LogP contribution in [0.1, 0.15) is 138 Å². The Balaban J connectivity index is 1.73. The van der Waals surface area contributed by atoms with Gasteiger partial charge in [0.2, 0.25) is 0 Å². The van der Waals surface area contributed by atoms with Crippen LogP contribution in [0.25, 0.3) is 0 Å². The lowest BCUT2D eigenvalue weighted by atomic mass is 9.70. The van der Waals surface area contributed by atoms with E-state index in [0.29, 0.717) is 5.92 Å². The molecular weight excluding hydrogens is 527 g/mol. The molecule has 3 aliphatic rings. The van der Waals surface area contributed by atoms with Crippen LogP contribution >= 0.6 is 0 Å². The summed E-state index contributed by atoms with van der Waals surface area (Å²) in [7, 11) is -2.11. The van der Waals surface area contributed by atoms with Crippen LogP contribution in [-0.4, -0.2) is 13.3 Å². The first-order valence-corrected chi connectivity index (χ1v) is 17.8. The van der Waals surface area contributed by atoms with Gasteiger partial charge in [-0.15, -0.1) is 0 Å². The van der Waals surface area contributed by atoms with E-state index in [1.54, 1.807) is 12.1 Å². The van der Waals surface area contributed by atoms with Crippen molar-refractivity contribution in [2.75, 3.05) is 0 Å². The molecule has 0 radical (unpaired) electrons. The molecule has 1 aliphatic heterocycles. The zero-order valence-electron chi connectivity index (χ0n) is 25.7. The van der Waals surface area contributed by atoms with E-state index in [4.69, 9.17) is 14.1 Å². The quantitative estimate of drug-likeness (QED) is 0.341. The van der Waals surface area contributed by atoms with Crippen molar-refractivity contribution in [1.29, 1.82) is 0 Å². The minimum absolute atomic E-state index is 0.0463. The highest BCUT2D eigenvalue weighted by atomic mass is 28.4. The number of rotatable bonds is 4. The highest BCUT2D eigenvalue weighted by molar-refractivity contribution is 6.74. The molecule has 40 heavy (non-hydrogen) atoms. The van der Waals surface area contributed by atoms with Gasteiger partial charge >= 0.3 is 6.18 Å². The first-order valence-electron chi connectivity index (χ1n) is 14.9. The fraction of sp³-hybridized carbons (Fsp3) is 0.667. The smallest absolute Gasteiger partial charge is 0.410 e. The van der Waals surface area contributed by atoms with Crippen LogP contribution in [0.5, 0.6) is 0 Å². The highest BCUT2D eigenvalue weighted by Crippen LogP contribution is 2.56. The third-order valence-electron chi connectivity index (χ3n) is 9.89. The van der Waals surface area contributed by atoms with Gasteiger partial charge in [0, 0.05) is 16.8 Å². The van der Waals surface area contributed by atoms with E-state index in [1.165, 1.54) is 36.1 Å². The largest absolute Gasteiger partial charge is 0.416 e. The maximum absolute atomic E-state index is 13.4. The zero-order valence-corrected chi connectivity index (χ0v) is 26.7. The Morgan fingerprint density at radius 3 is 2.08 bits per heavy atom. The Labute approximate surface area is 239 Å². The number of hydrogen-bond acceptors (Lipinski definition) is 3.